The van der Waals surface area contributed by atoms with E-state index in [2.05, 4.69) is 23.2 Å². The highest BCUT2D eigenvalue weighted by Gasteiger charge is 2.18. The van der Waals surface area contributed by atoms with Crippen LogP contribution in [0.2, 0.25) is 0 Å². The first-order valence-corrected chi connectivity index (χ1v) is 14.3. The molecule has 0 aliphatic rings. The second kappa shape index (κ2) is 14.0. The van der Waals surface area contributed by atoms with Crippen LogP contribution in [0.5, 0.6) is 0 Å². The minimum Gasteiger partial charge on any atom is -0.507 e. The molecule has 0 bridgehead atoms. The maximum Gasteiger partial charge on any atom is 0.376 e. The van der Waals surface area contributed by atoms with Crippen molar-refractivity contribution in [1.29, 1.82) is 0 Å². The van der Waals surface area contributed by atoms with Crippen molar-refractivity contribution in [3.63, 3.8) is 0 Å². The van der Waals surface area contributed by atoms with Crippen LogP contribution in [0.1, 0.15) is 70.0 Å². The molecule has 0 spiro atoms. The van der Waals surface area contributed by atoms with E-state index in [0.29, 0.717) is 35.7 Å². The molecule has 0 unspecified atom stereocenters. The van der Waals surface area contributed by atoms with Gasteiger partial charge in [0.2, 0.25) is 0 Å². The molecule has 1 heterocycles. The van der Waals surface area contributed by atoms with Crippen LogP contribution >= 0.6 is 0 Å². The lowest BCUT2D eigenvalue weighted by atomic mass is 9.96. The van der Waals surface area contributed by atoms with Gasteiger partial charge in [-0.05, 0) is 54.5 Å². The van der Waals surface area contributed by atoms with Gasteiger partial charge in [-0.25, -0.2) is 9.59 Å². The second-order valence-corrected chi connectivity index (χ2v) is 11.2. The highest BCUT2D eigenvalue weighted by atomic mass is 16.5. The normalized spacial score (nSPS) is 11.6. The number of aromatic nitrogens is 2. The molecule has 0 aliphatic carbocycles. The minimum absolute atomic E-state index is 0.0224. The highest BCUT2D eigenvalue weighted by molar-refractivity contribution is 6.38. The summed E-state index contributed by atoms with van der Waals surface area (Å²) in [4.78, 5) is 50.3. The third kappa shape index (κ3) is 8.08. The van der Waals surface area contributed by atoms with E-state index in [1.807, 2.05) is 58.0 Å². The third-order valence-corrected chi connectivity index (χ3v) is 7.20. The van der Waals surface area contributed by atoms with Crippen LogP contribution in [0.3, 0.4) is 0 Å². The van der Waals surface area contributed by atoms with Crippen molar-refractivity contribution in [1.82, 2.24) is 9.55 Å². The van der Waals surface area contributed by atoms with Gasteiger partial charge in [0.05, 0.1) is 6.61 Å². The zero-order valence-corrected chi connectivity index (χ0v) is 25.2. The van der Waals surface area contributed by atoms with Crippen molar-refractivity contribution in [3.05, 3.63) is 144 Å². The number of aliphatic carboxylic acids is 1. The van der Waals surface area contributed by atoms with E-state index in [-0.39, 0.29) is 24.8 Å². The molecule has 9 heteroatoms. The highest BCUT2D eigenvalue weighted by Crippen LogP contribution is 2.21. The van der Waals surface area contributed by atoms with Crippen LogP contribution in [0.4, 0.5) is 0 Å². The lowest BCUT2D eigenvalue weighted by Gasteiger charge is -2.19. The van der Waals surface area contributed by atoms with Crippen molar-refractivity contribution < 1.29 is 24.5 Å². The SMILES string of the molecule is Cc1cc(C)cc(Cc2c(C(C)C)c(=O)[nH]c(=O)n2COCc2ccc(Cc3cccc(C(O)=CC(=O)C(=O)O)c3)cc2)c1. The van der Waals surface area contributed by atoms with Gasteiger partial charge in [-0.3, -0.25) is 19.1 Å². The number of carbonyl (C=O) groups excluding carboxylic acids is 1. The molecule has 0 amide bonds. The van der Waals surface area contributed by atoms with Gasteiger partial charge in [0, 0.05) is 29.3 Å². The molecule has 3 aromatic carbocycles. The zero-order chi connectivity index (χ0) is 32.0. The molecular formula is C35H36N2O7. The molecule has 9 nitrogen and oxygen atoms in total. The Morgan fingerprint density at radius 3 is 2.16 bits per heavy atom. The molecule has 0 saturated heterocycles. The first kappa shape index (κ1) is 31.9. The van der Waals surface area contributed by atoms with Gasteiger partial charge in [0.1, 0.15) is 12.5 Å². The Balaban J connectivity index is 1.47. The Hall–Kier alpha value is -5.02. The number of aliphatic hydroxyl groups is 1. The fraction of sp³-hybridized carbons (Fsp3) is 0.257. The summed E-state index contributed by atoms with van der Waals surface area (Å²) >= 11 is 0. The van der Waals surface area contributed by atoms with E-state index in [1.165, 1.54) is 4.57 Å². The van der Waals surface area contributed by atoms with Crippen LogP contribution in [0, 0.1) is 13.8 Å². The summed E-state index contributed by atoms with van der Waals surface area (Å²) in [6.07, 6.45) is 1.66. The number of carboxylic acids is 1. The monoisotopic (exact) mass is 596 g/mol. The van der Waals surface area contributed by atoms with E-state index in [0.717, 1.165) is 33.4 Å². The van der Waals surface area contributed by atoms with Crippen molar-refractivity contribution in [3.8, 4) is 0 Å². The number of nitrogens with zero attached hydrogens (tertiary/aromatic N) is 1. The number of hydrogen-bond donors (Lipinski definition) is 3. The number of aromatic amines is 1. The summed E-state index contributed by atoms with van der Waals surface area (Å²) in [5, 5.41) is 18.9. The summed E-state index contributed by atoms with van der Waals surface area (Å²) in [7, 11) is 0. The fourth-order valence-corrected chi connectivity index (χ4v) is 5.27. The second-order valence-electron chi connectivity index (χ2n) is 11.2. The first-order valence-electron chi connectivity index (χ1n) is 14.3. The summed E-state index contributed by atoms with van der Waals surface area (Å²) in [5.74, 6) is -3.34. The van der Waals surface area contributed by atoms with E-state index in [4.69, 9.17) is 9.84 Å². The number of rotatable bonds is 12. The molecule has 3 N–H and O–H groups in total. The topological polar surface area (TPSA) is 139 Å². The predicted octanol–water partition coefficient (Wildman–Crippen LogP) is 5.19. The Morgan fingerprint density at radius 1 is 0.864 bits per heavy atom. The number of ether oxygens (including phenoxy) is 1. The Bertz CT molecular complexity index is 1810. The smallest absolute Gasteiger partial charge is 0.376 e. The lowest BCUT2D eigenvalue weighted by molar-refractivity contribution is -0.146. The van der Waals surface area contributed by atoms with Crippen molar-refractivity contribution >= 4 is 17.5 Å². The first-order chi connectivity index (χ1) is 20.9. The third-order valence-electron chi connectivity index (χ3n) is 7.20. The van der Waals surface area contributed by atoms with Gasteiger partial charge < -0.3 is 14.9 Å². The Kier molecular flexibility index (Phi) is 10.1. The van der Waals surface area contributed by atoms with Crippen molar-refractivity contribution in [2.75, 3.05) is 0 Å². The van der Waals surface area contributed by atoms with Crippen LogP contribution in [-0.4, -0.2) is 31.5 Å². The average Bonchev–Trinajstić information content (AvgIpc) is 2.94. The summed E-state index contributed by atoms with van der Waals surface area (Å²) in [6.45, 7) is 8.13. The molecule has 0 radical (unpaired) electrons. The van der Waals surface area contributed by atoms with Crippen molar-refractivity contribution in [2.45, 2.75) is 59.8 Å². The standard InChI is InChI=1S/C35H36N2O7/c1-21(2)32-29(17-27-13-22(3)12-23(4)14-27)37(35(43)36-33(32)40)20-44-19-25-10-8-24(9-11-25)15-26-6-5-7-28(16-26)30(38)18-31(39)34(41)42/h5-14,16,18,21,38H,15,17,19-20H2,1-4H3,(H,41,42)(H,36,40,43). The van der Waals surface area contributed by atoms with Gasteiger partial charge in [0.25, 0.3) is 11.3 Å². The molecule has 1 aromatic heterocycles. The quantitative estimate of drug-likeness (QED) is 0.116. The van der Waals surface area contributed by atoms with Crippen LogP contribution in [-0.2, 0) is 40.5 Å². The Morgan fingerprint density at radius 2 is 1.52 bits per heavy atom. The van der Waals surface area contributed by atoms with Gasteiger partial charge >= 0.3 is 11.7 Å². The van der Waals surface area contributed by atoms with E-state index in [1.54, 1.807) is 18.2 Å². The minimum atomic E-state index is -1.64. The average molecular weight is 597 g/mol. The molecule has 0 saturated carbocycles. The maximum atomic E-state index is 12.9. The van der Waals surface area contributed by atoms with Gasteiger partial charge in [-0.15, -0.1) is 0 Å². The van der Waals surface area contributed by atoms with Gasteiger partial charge in [0.15, 0.2) is 0 Å². The molecule has 4 rings (SSSR count). The number of benzene rings is 3. The largest absolute Gasteiger partial charge is 0.507 e. The van der Waals surface area contributed by atoms with E-state index >= 15 is 0 Å². The summed E-state index contributed by atoms with van der Waals surface area (Å²) in [6, 6.07) is 20.8. The van der Waals surface area contributed by atoms with Crippen molar-refractivity contribution in [2.24, 2.45) is 0 Å². The molecule has 0 fully saturated rings. The molecular weight excluding hydrogens is 560 g/mol. The van der Waals surface area contributed by atoms with Gasteiger partial charge in [-0.1, -0.05) is 85.6 Å². The van der Waals surface area contributed by atoms with E-state index < -0.39 is 23.2 Å². The molecule has 228 valence electrons. The number of nitrogens with one attached hydrogen (secondary N) is 1. The van der Waals surface area contributed by atoms with Crippen LogP contribution in [0.25, 0.3) is 5.76 Å². The molecule has 0 aliphatic heterocycles. The number of ketones is 1. The Labute approximate surface area is 255 Å². The summed E-state index contributed by atoms with van der Waals surface area (Å²) in [5.41, 5.74) is 6.66. The van der Waals surface area contributed by atoms with Gasteiger partial charge in [-0.2, -0.15) is 0 Å². The maximum absolute atomic E-state index is 12.9. The number of hydrogen-bond acceptors (Lipinski definition) is 6. The fourth-order valence-electron chi connectivity index (χ4n) is 5.27. The molecule has 0 atom stereocenters. The number of aliphatic hydroxyl groups excluding tert-OH is 1. The number of H-pyrrole nitrogens is 1. The van der Waals surface area contributed by atoms with Crippen LogP contribution in [0.15, 0.2) is 82.4 Å². The molecule has 44 heavy (non-hydrogen) atoms. The van der Waals surface area contributed by atoms with Crippen LogP contribution < -0.4 is 11.2 Å². The van der Waals surface area contributed by atoms with E-state index in [9.17, 15) is 24.3 Å². The lowest BCUT2D eigenvalue weighted by Crippen LogP contribution is -2.36. The molecule has 4 aromatic rings. The summed E-state index contributed by atoms with van der Waals surface area (Å²) < 4.78 is 7.48. The number of carbonyl (C=O) groups is 2. The zero-order valence-electron chi connectivity index (χ0n) is 25.2. The number of aryl methyl sites for hydroxylation is 2. The number of carboxylic acid groups (broad SMARTS) is 1. The predicted molar refractivity (Wildman–Crippen MR) is 168 cm³/mol.